The molecule has 20 heavy (non-hydrogen) atoms. The van der Waals surface area contributed by atoms with Gasteiger partial charge in [0.25, 0.3) is 11.1 Å². The van der Waals surface area contributed by atoms with Gasteiger partial charge in [0.2, 0.25) is 5.91 Å². The summed E-state index contributed by atoms with van der Waals surface area (Å²) in [6.45, 7) is 6.59. The third-order valence-electron chi connectivity index (χ3n) is 2.57. The molecule has 2 heterocycles. The van der Waals surface area contributed by atoms with E-state index in [1.54, 1.807) is 6.20 Å². The summed E-state index contributed by atoms with van der Waals surface area (Å²) in [7, 11) is 0. The van der Waals surface area contributed by atoms with Crippen LogP contribution < -0.4 is 5.32 Å². The number of rotatable bonds is 6. The summed E-state index contributed by atoms with van der Waals surface area (Å²) in [5, 5.41) is 10.9. The minimum Gasteiger partial charge on any atom is -0.410 e. The van der Waals surface area contributed by atoms with Crippen molar-refractivity contribution in [2.45, 2.75) is 31.2 Å². The molecule has 1 unspecified atom stereocenters. The lowest BCUT2D eigenvalue weighted by Crippen LogP contribution is -2.33. The molecule has 0 bridgehead atoms. The third-order valence-corrected chi connectivity index (χ3v) is 3.50. The molecule has 0 fully saturated rings. The maximum Gasteiger partial charge on any atom is 0.277 e. The first kappa shape index (κ1) is 14.6. The van der Waals surface area contributed by atoms with Gasteiger partial charge in [0, 0.05) is 12.7 Å². The van der Waals surface area contributed by atoms with Crippen molar-refractivity contribution in [1.82, 2.24) is 20.5 Å². The van der Waals surface area contributed by atoms with Gasteiger partial charge >= 0.3 is 0 Å². The number of hydrogen-bond acceptors (Lipinski definition) is 5. The second kappa shape index (κ2) is 6.60. The highest BCUT2D eigenvalue weighted by molar-refractivity contribution is 8.00. The van der Waals surface area contributed by atoms with Crippen LogP contribution in [-0.2, 0) is 4.79 Å². The maximum atomic E-state index is 11.9. The third kappa shape index (κ3) is 3.86. The standard InChI is InChI=1S/C13H18N4O2S/c1-8(2)7-15-11(18)9(3)20-13-17-16-12(19-13)10-5-4-6-14-10/h4-6,8-9,14H,7H2,1-3H3,(H,15,18). The zero-order valence-corrected chi connectivity index (χ0v) is 12.5. The molecule has 2 aromatic heterocycles. The van der Waals surface area contributed by atoms with Crippen molar-refractivity contribution in [3.8, 4) is 11.6 Å². The highest BCUT2D eigenvalue weighted by Crippen LogP contribution is 2.25. The number of thioether (sulfide) groups is 1. The molecule has 0 saturated carbocycles. The van der Waals surface area contributed by atoms with Crippen LogP contribution in [0.1, 0.15) is 20.8 Å². The smallest absolute Gasteiger partial charge is 0.277 e. The molecular formula is C13H18N4O2S. The van der Waals surface area contributed by atoms with Crippen LogP contribution in [-0.4, -0.2) is 32.9 Å². The quantitative estimate of drug-likeness (QED) is 0.799. The van der Waals surface area contributed by atoms with Crippen molar-refractivity contribution >= 4 is 17.7 Å². The molecule has 0 aliphatic rings. The fourth-order valence-corrected chi connectivity index (χ4v) is 2.19. The Kier molecular flexibility index (Phi) is 4.84. The van der Waals surface area contributed by atoms with Gasteiger partial charge in [-0.1, -0.05) is 25.6 Å². The second-order valence-electron chi connectivity index (χ2n) is 4.86. The van der Waals surface area contributed by atoms with Crippen LogP contribution in [0.3, 0.4) is 0 Å². The summed E-state index contributed by atoms with van der Waals surface area (Å²) >= 11 is 1.26. The van der Waals surface area contributed by atoms with Crippen LogP contribution in [0.2, 0.25) is 0 Å². The van der Waals surface area contributed by atoms with E-state index in [4.69, 9.17) is 4.42 Å². The van der Waals surface area contributed by atoms with E-state index in [0.717, 1.165) is 5.69 Å². The van der Waals surface area contributed by atoms with E-state index in [2.05, 4.69) is 34.3 Å². The highest BCUT2D eigenvalue weighted by Gasteiger charge is 2.18. The number of hydrogen-bond donors (Lipinski definition) is 2. The number of aromatic nitrogens is 3. The topological polar surface area (TPSA) is 83.8 Å². The molecule has 2 aromatic rings. The van der Waals surface area contributed by atoms with Crippen LogP contribution >= 0.6 is 11.8 Å². The lowest BCUT2D eigenvalue weighted by Gasteiger charge is -2.11. The summed E-state index contributed by atoms with van der Waals surface area (Å²) in [5.41, 5.74) is 0.765. The van der Waals surface area contributed by atoms with Gasteiger partial charge in [0.1, 0.15) is 5.69 Å². The van der Waals surface area contributed by atoms with Crippen molar-refractivity contribution in [2.24, 2.45) is 5.92 Å². The Balaban J connectivity index is 1.91. The van der Waals surface area contributed by atoms with Crippen molar-refractivity contribution < 1.29 is 9.21 Å². The molecule has 0 aromatic carbocycles. The molecule has 2 N–H and O–H groups in total. The van der Waals surface area contributed by atoms with E-state index < -0.39 is 0 Å². The number of aromatic amines is 1. The number of H-pyrrole nitrogens is 1. The van der Waals surface area contributed by atoms with E-state index in [9.17, 15) is 4.79 Å². The molecule has 6 nitrogen and oxygen atoms in total. The van der Waals surface area contributed by atoms with Gasteiger partial charge in [-0.3, -0.25) is 4.79 Å². The number of nitrogens with one attached hydrogen (secondary N) is 2. The number of carbonyl (C=O) groups excluding carboxylic acids is 1. The van der Waals surface area contributed by atoms with Crippen LogP contribution in [0.4, 0.5) is 0 Å². The molecule has 7 heteroatoms. The summed E-state index contributed by atoms with van der Waals surface area (Å²) in [5.74, 6) is 0.828. The van der Waals surface area contributed by atoms with Gasteiger partial charge < -0.3 is 14.7 Å². The zero-order chi connectivity index (χ0) is 14.5. The first-order chi connectivity index (χ1) is 9.56. The first-order valence-electron chi connectivity index (χ1n) is 6.48. The van der Waals surface area contributed by atoms with Gasteiger partial charge in [-0.25, -0.2) is 0 Å². The van der Waals surface area contributed by atoms with Crippen LogP contribution in [0.5, 0.6) is 0 Å². The lowest BCUT2D eigenvalue weighted by molar-refractivity contribution is -0.120. The van der Waals surface area contributed by atoms with Gasteiger partial charge in [-0.2, -0.15) is 0 Å². The number of carbonyl (C=O) groups is 1. The molecule has 0 aliphatic carbocycles. The summed E-state index contributed by atoms with van der Waals surface area (Å²) < 4.78 is 5.50. The molecule has 0 saturated heterocycles. The number of amides is 1. The summed E-state index contributed by atoms with van der Waals surface area (Å²) in [4.78, 5) is 14.9. The van der Waals surface area contributed by atoms with E-state index in [0.29, 0.717) is 23.6 Å². The van der Waals surface area contributed by atoms with E-state index in [-0.39, 0.29) is 11.2 Å². The Morgan fingerprint density at radius 3 is 2.90 bits per heavy atom. The van der Waals surface area contributed by atoms with Crippen molar-refractivity contribution in [3.05, 3.63) is 18.3 Å². The molecule has 2 rings (SSSR count). The monoisotopic (exact) mass is 294 g/mol. The largest absolute Gasteiger partial charge is 0.410 e. The minimum atomic E-state index is -0.273. The second-order valence-corrected chi connectivity index (χ2v) is 6.15. The van der Waals surface area contributed by atoms with Gasteiger partial charge in [-0.05, 0) is 25.0 Å². The van der Waals surface area contributed by atoms with E-state index in [1.807, 2.05) is 19.1 Å². The predicted molar refractivity (Wildman–Crippen MR) is 77.3 cm³/mol. The van der Waals surface area contributed by atoms with Crippen LogP contribution in [0.15, 0.2) is 28.0 Å². The molecule has 0 spiro atoms. The highest BCUT2D eigenvalue weighted by atomic mass is 32.2. The predicted octanol–water partition coefficient (Wildman–Crippen LogP) is 2.32. The fraction of sp³-hybridized carbons (Fsp3) is 0.462. The Labute approximate surface area is 121 Å². The summed E-state index contributed by atoms with van der Waals surface area (Å²) in [6.07, 6.45) is 1.79. The molecule has 0 aliphatic heterocycles. The molecular weight excluding hydrogens is 276 g/mol. The normalized spacial score (nSPS) is 12.6. The molecule has 108 valence electrons. The fourth-order valence-electron chi connectivity index (χ4n) is 1.48. The first-order valence-corrected chi connectivity index (χ1v) is 7.36. The van der Waals surface area contributed by atoms with Crippen molar-refractivity contribution in [1.29, 1.82) is 0 Å². The summed E-state index contributed by atoms with van der Waals surface area (Å²) in [6, 6.07) is 3.70. The Bertz CT molecular complexity index is 550. The maximum absolute atomic E-state index is 11.9. The van der Waals surface area contributed by atoms with Gasteiger partial charge in [-0.15, -0.1) is 10.2 Å². The molecule has 1 atom stereocenters. The lowest BCUT2D eigenvalue weighted by atomic mass is 10.2. The number of nitrogens with zero attached hydrogens (tertiary/aromatic N) is 2. The van der Waals surface area contributed by atoms with E-state index >= 15 is 0 Å². The van der Waals surface area contributed by atoms with Gasteiger partial charge in [0.15, 0.2) is 0 Å². The zero-order valence-electron chi connectivity index (χ0n) is 11.7. The minimum absolute atomic E-state index is 0.0247. The Hall–Kier alpha value is -1.76. The van der Waals surface area contributed by atoms with Crippen LogP contribution in [0.25, 0.3) is 11.6 Å². The Morgan fingerprint density at radius 2 is 2.25 bits per heavy atom. The average Bonchev–Trinajstić information content (AvgIpc) is 3.05. The van der Waals surface area contributed by atoms with E-state index in [1.165, 1.54) is 11.8 Å². The molecule has 1 amide bonds. The van der Waals surface area contributed by atoms with Crippen molar-refractivity contribution in [3.63, 3.8) is 0 Å². The Morgan fingerprint density at radius 1 is 1.45 bits per heavy atom. The van der Waals surface area contributed by atoms with Gasteiger partial charge in [0.05, 0.1) is 5.25 Å². The average molecular weight is 294 g/mol. The van der Waals surface area contributed by atoms with Crippen LogP contribution in [0, 0.1) is 5.92 Å². The van der Waals surface area contributed by atoms with Crippen molar-refractivity contribution in [2.75, 3.05) is 6.54 Å². The SMILES string of the molecule is CC(C)CNC(=O)C(C)Sc1nnc(-c2ccc[nH]2)o1. The molecule has 0 radical (unpaired) electrons.